The van der Waals surface area contributed by atoms with Crippen LogP contribution in [0.15, 0.2) is 41.0 Å². The highest BCUT2D eigenvalue weighted by atomic mass is 35.5. The fraction of sp³-hybridized carbons (Fsp3) is 0.267. The third-order valence-electron chi connectivity index (χ3n) is 3.56. The molecule has 1 amide bonds. The van der Waals surface area contributed by atoms with E-state index in [-0.39, 0.29) is 11.9 Å². The summed E-state index contributed by atoms with van der Waals surface area (Å²) in [6.07, 6.45) is 1.64. The lowest BCUT2D eigenvalue weighted by molar-refractivity contribution is -0.121. The van der Waals surface area contributed by atoms with E-state index in [9.17, 15) is 4.79 Å². The standard InChI is InChI=1S/C15H15ClN2O2/c1-10-15(19)17-14-5-4-12(16)7-11(14)8-18(10)9-13-3-2-6-20-13/h2-7,10H,8-9H2,1H3,(H,17,19)/t10-/m0/s1. The Balaban J connectivity index is 1.91. The number of halogens is 1. The second-order valence-electron chi connectivity index (χ2n) is 4.95. The molecule has 1 aliphatic heterocycles. The Labute approximate surface area is 122 Å². The molecule has 4 nitrogen and oxygen atoms in total. The van der Waals surface area contributed by atoms with Crippen LogP contribution in [0.3, 0.4) is 0 Å². The zero-order chi connectivity index (χ0) is 14.1. The summed E-state index contributed by atoms with van der Waals surface area (Å²) in [4.78, 5) is 14.3. The molecule has 0 saturated carbocycles. The molecule has 2 aromatic rings. The van der Waals surface area contributed by atoms with Crippen molar-refractivity contribution in [3.63, 3.8) is 0 Å². The molecule has 1 aromatic carbocycles. The molecule has 3 rings (SSSR count). The summed E-state index contributed by atoms with van der Waals surface area (Å²) in [5.74, 6) is 0.827. The quantitative estimate of drug-likeness (QED) is 0.923. The molecule has 20 heavy (non-hydrogen) atoms. The van der Waals surface area contributed by atoms with Gasteiger partial charge in [0.25, 0.3) is 0 Å². The first-order valence-corrected chi connectivity index (χ1v) is 6.87. The summed E-state index contributed by atoms with van der Waals surface area (Å²) >= 11 is 6.04. The minimum Gasteiger partial charge on any atom is -0.468 e. The lowest BCUT2D eigenvalue weighted by Crippen LogP contribution is -2.38. The molecule has 0 unspecified atom stereocenters. The summed E-state index contributed by atoms with van der Waals surface area (Å²) in [7, 11) is 0. The largest absolute Gasteiger partial charge is 0.468 e. The molecule has 1 N–H and O–H groups in total. The van der Waals surface area contributed by atoms with Gasteiger partial charge in [-0.3, -0.25) is 9.69 Å². The summed E-state index contributed by atoms with van der Waals surface area (Å²) in [5, 5.41) is 3.61. The number of nitrogens with one attached hydrogen (secondary N) is 1. The second-order valence-corrected chi connectivity index (χ2v) is 5.39. The monoisotopic (exact) mass is 290 g/mol. The summed E-state index contributed by atoms with van der Waals surface area (Å²) < 4.78 is 5.37. The third kappa shape index (κ3) is 2.57. The first-order chi connectivity index (χ1) is 9.63. The second kappa shape index (κ2) is 5.31. The van der Waals surface area contributed by atoms with Gasteiger partial charge in [0.1, 0.15) is 5.76 Å². The Hall–Kier alpha value is -1.78. The molecule has 2 heterocycles. The molecule has 0 bridgehead atoms. The highest BCUT2D eigenvalue weighted by molar-refractivity contribution is 6.30. The zero-order valence-corrected chi connectivity index (χ0v) is 11.9. The molecule has 1 atom stereocenters. The number of nitrogens with zero attached hydrogens (tertiary/aromatic N) is 1. The average Bonchev–Trinajstić information content (AvgIpc) is 2.89. The van der Waals surface area contributed by atoms with Gasteiger partial charge in [-0.25, -0.2) is 0 Å². The molecule has 0 aliphatic carbocycles. The van der Waals surface area contributed by atoms with Crippen molar-refractivity contribution in [2.75, 3.05) is 5.32 Å². The number of carbonyl (C=O) groups is 1. The van der Waals surface area contributed by atoms with Crippen LogP contribution < -0.4 is 5.32 Å². The number of carbonyl (C=O) groups excluding carboxylic acids is 1. The van der Waals surface area contributed by atoms with Crippen LogP contribution in [0.25, 0.3) is 0 Å². The Morgan fingerprint density at radius 2 is 2.30 bits per heavy atom. The van der Waals surface area contributed by atoms with Gasteiger partial charge in [-0.2, -0.15) is 0 Å². The number of fused-ring (bicyclic) bond motifs is 1. The van der Waals surface area contributed by atoms with Crippen molar-refractivity contribution in [3.05, 3.63) is 52.9 Å². The fourth-order valence-electron chi connectivity index (χ4n) is 2.37. The highest BCUT2D eigenvalue weighted by Gasteiger charge is 2.27. The van der Waals surface area contributed by atoms with E-state index < -0.39 is 0 Å². The first kappa shape index (κ1) is 13.2. The summed E-state index contributed by atoms with van der Waals surface area (Å²) in [5.41, 5.74) is 1.84. The van der Waals surface area contributed by atoms with Crippen LogP contribution in [0.1, 0.15) is 18.2 Å². The number of furan rings is 1. The van der Waals surface area contributed by atoms with E-state index in [1.807, 2.05) is 31.2 Å². The van der Waals surface area contributed by atoms with Gasteiger partial charge in [-0.1, -0.05) is 11.6 Å². The van der Waals surface area contributed by atoms with Crippen molar-refractivity contribution in [2.45, 2.75) is 26.1 Å². The molecule has 104 valence electrons. The van der Waals surface area contributed by atoms with E-state index in [0.29, 0.717) is 18.1 Å². The predicted octanol–water partition coefficient (Wildman–Crippen LogP) is 3.28. The topological polar surface area (TPSA) is 45.5 Å². The van der Waals surface area contributed by atoms with Crippen molar-refractivity contribution >= 4 is 23.2 Å². The minimum atomic E-state index is -0.230. The lowest BCUT2D eigenvalue weighted by atomic mass is 10.1. The molecule has 0 spiro atoms. The number of rotatable bonds is 2. The van der Waals surface area contributed by atoms with E-state index in [0.717, 1.165) is 17.0 Å². The van der Waals surface area contributed by atoms with E-state index in [1.54, 1.807) is 12.3 Å². The van der Waals surface area contributed by atoms with Gasteiger partial charge < -0.3 is 9.73 Å². The Bertz CT molecular complexity index is 625. The van der Waals surface area contributed by atoms with E-state index in [4.69, 9.17) is 16.0 Å². The molecular weight excluding hydrogens is 276 g/mol. The Morgan fingerprint density at radius 3 is 3.05 bits per heavy atom. The number of hydrogen-bond acceptors (Lipinski definition) is 3. The van der Waals surface area contributed by atoms with Crippen LogP contribution in [0.5, 0.6) is 0 Å². The van der Waals surface area contributed by atoms with Gasteiger partial charge in [0, 0.05) is 17.3 Å². The van der Waals surface area contributed by atoms with Crippen LogP contribution in [-0.2, 0) is 17.9 Å². The maximum Gasteiger partial charge on any atom is 0.241 e. The summed E-state index contributed by atoms with van der Waals surface area (Å²) in [6.45, 7) is 3.13. The van der Waals surface area contributed by atoms with Gasteiger partial charge in [0.05, 0.1) is 18.8 Å². The third-order valence-corrected chi connectivity index (χ3v) is 3.80. The van der Waals surface area contributed by atoms with Crippen LogP contribution in [-0.4, -0.2) is 16.8 Å². The highest BCUT2D eigenvalue weighted by Crippen LogP contribution is 2.27. The normalized spacial score (nSPS) is 19.3. The lowest BCUT2D eigenvalue weighted by Gasteiger charge is -2.24. The number of hydrogen-bond donors (Lipinski definition) is 1. The van der Waals surface area contributed by atoms with Gasteiger partial charge in [-0.15, -0.1) is 0 Å². The van der Waals surface area contributed by atoms with Crippen molar-refractivity contribution in [3.8, 4) is 0 Å². The Kier molecular flexibility index (Phi) is 3.51. The zero-order valence-electron chi connectivity index (χ0n) is 11.1. The van der Waals surface area contributed by atoms with Gasteiger partial charge in [0.2, 0.25) is 5.91 Å². The molecule has 0 fully saturated rings. The Morgan fingerprint density at radius 1 is 1.45 bits per heavy atom. The molecule has 1 aliphatic rings. The van der Waals surface area contributed by atoms with Crippen LogP contribution in [0.2, 0.25) is 5.02 Å². The number of anilines is 1. The number of amides is 1. The molecular formula is C15H15ClN2O2. The first-order valence-electron chi connectivity index (χ1n) is 6.49. The summed E-state index contributed by atoms with van der Waals surface area (Å²) in [6, 6.07) is 9.06. The van der Waals surface area contributed by atoms with E-state index in [1.165, 1.54) is 0 Å². The fourth-order valence-corrected chi connectivity index (χ4v) is 2.56. The van der Waals surface area contributed by atoms with E-state index >= 15 is 0 Å². The van der Waals surface area contributed by atoms with Crippen LogP contribution in [0.4, 0.5) is 5.69 Å². The molecule has 0 radical (unpaired) electrons. The van der Waals surface area contributed by atoms with Gasteiger partial charge >= 0.3 is 0 Å². The smallest absolute Gasteiger partial charge is 0.241 e. The van der Waals surface area contributed by atoms with E-state index in [2.05, 4.69) is 10.2 Å². The number of benzene rings is 1. The minimum absolute atomic E-state index is 0.0161. The molecule has 1 aromatic heterocycles. The van der Waals surface area contributed by atoms with Crippen LogP contribution >= 0.6 is 11.6 Å². The van der Waals surface area contributed by atoms with Crippen LogP contribution in [0, 0.1) is 0 Å². The van der Waals surface area contributed by atoms with Crippen molar-refractivity contribution in [1.29, 1.82) is 0 Å². The van der Waals surface area contributed by atoms with Crippen molar-refractivity contribution < 1.29 is 9.21 Å². The molecule has 5 heteroatoms. The maximum absolute atomic E-state index is 12.2. The molecule has 0 saturated heterocycles. The van der Waals surface area contributed by atoms with Gasteiger partial charge in [-0.05, 0) is 42.8 Å². The SMILES string of the molecule is C[C@H]1C(=O)Nc2ccc(Cl)cc2CN1Cc1ccco1. The van der Waals surface area contributed by atoms with Crippen molar-refractivity contribution in [2.24, 2.45) is 0 Å². The van der Waals surface area contributed by atoms with Gasteiger partial charge in [0.15, 0.2) is 0 Å². The van der Waals surface area contributed by atoms with Crippen molar-refractivity contribution in [1.82, 2.24) is 4.90 Å². The average molecular weight is 291 g/mol. The predicted molar refractivity (Wildman–Crippen MR) is 77.5 cm³/mol. The maximum atomic E-state index is 12.2.